The Balaban J connectivity index is 1.49. The number of nitrogens with one attached hydrogen (secondary N) is 1. The Morgan fingerprint density at radius 3 is 2.33 bits per heavy atom. The Hall–Kier alpha value is -1.44. The molecule has 6 nitrogen and oxygen atoms in total. The number of benzene rings is 1. The molecular formula is C23H37N3O3S. The van der Waals surface area contributed by atoms with Gasteiger partial charge >= 0.3 is 0 Å². The average Bonchev–Trinajstić information content (AvgIpc) is 2.73. The van der Waals surface area contributed by atoms with E-state index < -0.39 is 10.0 Å². The maximum atomic E-state index is 13.0. The van der Waals surface area contributed by atoms with E-state index in [-0.39, 0.29) is 17.9 Å². The molecule has 0 radical (unpaired) electrons. The Bertz CT molecular complexity index is 824. The first-order chi connectivity index (χ1) is 14.3. The molecule has 30 heavy (non-hydrogen) atoms. The number of carbonyl (C=O) groups excluding carboxylic acids is 1. The summed E-state index contributed by atoms with van der Waals surface area (Å²) >= 11 is 0. The molecule has 2 heterocycles. The van der Waals surface area contributed by atoms with E-state index in [2.05, 4.69) is 17.1 Å². The highest BCUT2D eigenvalue weighted by atomic mass is 32.2. The molecule has 1 N–H and O–H groups in total. The normalized spacial score (nSPS) is 20.4. The lowest BCUT2D eigenvalue weighted by Gasteiger charge is -2.34. The molecule has 0 atom stereocenters. The SMILES string of the molecule is CCCCN1CCC(NC(=O)C2CCN(S(=O)(=O)c3ccc(C)cc3C)CC2)CC1. The van der Waals surface area contributed by atoms with Crippen LogP contribution in [-0.2, 0) is 14.8 Å². The minimum Gasteiger partial charge on any atom is -0.353 e. The Kier molecular flexibility index (Phi) is 7.93. The van der Waals surface area contributed by atoms with Crippen molar-refractivity contribution < 1.29 is 13.2 Å². The van der Waals surface area contributed by atoms with Crippen molar-refractivity contribution in [3.05, 3.63) is 29.3 Å². The van der Waals surface area contributed by atoms with Crippen LogP contribution in [0.5, 0.6) is 0 Å². The number of rotatable bonds is 7. The number of hydrogen-bond donors (Lipinski definition) is 1. The highest BCUT2D eigenvalue weighted by Crippen LogP contribution is 2.26. The lowest BCUT2D eigenvalue weighted by molar-refractivity contribution is -0.127. The molecule has 0 unspecified atom stereocenters. The van der Waals surface area contributed by atoms with Gasteiger partial charge in [-0.05, 0) is 64.1 Å². The summed E-state index contributed by atoms with van der Waals surface area (Å²) in [7, 11) is -3.50. The van der Waals surface area contributed by atoms with Gasteiger partial charge in [0.1, 0.15) is 0 Å². The second kappa shape index (κ2) is 10.2. The predicted octanol–water partition coefficient (Wildman–Crippen LogP) is 3.08. The van der Waals surface area contributed by atoms with Gasteiger partial charge in [-0.25, -0.2) is 8.42 Å². The lowest BCUT2D eigenvalue weighted by Crippen LogP contribution is -2.48. The molecule has 1 amide bonds. The van der Waals surface area contributed by atoms with Crippen LogP contribution in [-0.4, -0.2) is 62.3 Å². The van der Waals surface area contributed by atoms with Gasteiger partial charge in [-0.15, -0.1) is 0 Å². The third kappa shape index (κ3) is 5.62. The van der Waals surface area contributed by atoms with Crippen LogP contribution in [0, 0.1) is 19.8 Å². The second-order valence-corrected chi connectivity index (χ2v) is 10.8. The first-order valence-electron chi connectivity index (χ1n) is 11.4. The predicted molar refractivity (Wildman–Crippen MR) is 120 cm³/mol. The molecule has 2 fully saturated rings. The summed E-state index contributed by atoms with van der Waals surface area (Å²) < 4.78 is 27.6. The molecule has 3 rings (SSSR count). The van der Waals surface area contributed by atoms with E-state index in [1.807, 2.05) is 26.0 Å². The summed E-state index contributed by atoms with van der Waals surface area (Å²) in [5, 5.41) is 3.23. The van der Waals surface area contributed by atoms with Crippen molar-refractivity contribution in [1.29, 1.82) is 0 Å². The van der Waals surface area contributed by atoms with E-state index in [1.165, 1.54) is 12.8 Å². The van der Waals surface area contributed by atoms with Crippen molar-refractivity contribution >= 4 is 15.9 Å². The second-order valence-electron chi connectivity index (χ2n) is 8.93. The molecule has 2 aliphatic heterocycles. The lowest BCUT2D eigenvalue weighted by atomic mass is 9.96. The molecule has 0 bridgehead atoms. The smallest absolute Gasteiger partial charge is 0.243 e. The van der Waals surface area contributed by atoms with Crippen LogP contribution in [0.3, 0.4) is 0 Å². The molecule has 168 valence electrons. The van der Waals surface area contributed by atoms with Gasteiger partial charge in [0.25, 0.3) is 0 Å². The zero-order valence-electron chi connectivity index (χ0n) is 18.7. The quantitative estimate of drug-likeness (QED) is 0.715. The molecule has 0 aromatic heterocycles. The first kappa shape index (κ1) is 23.2. The van der Waals surface area contributed by atoms with Gasteiger partial charge in [-0.2, -0.15) is 4.31 Å². The standard InChI is InChI=1S/C23H37N3O3S/c1-4-5-12-25-13-10-21(11-14-25)24-23(27)20-8-15-26(16-9-20)30(28,29)22-7-6-18(2)17-19(22)3/h6-7,17,20-21H,4-5,8-16H2,1-3H3,(H,24,27). The molecule has 7 heteroatoms. The highest BCUT2D eigenvalue weighted by molar-refractivity contribution is 7.89. The number of carbonyl (C=O) groups is 1. The van der Waals surface area contributed by atoms with Gasteiger partial charge in [0.05, 0.1) is 4.90 Å². The molecule has 0 saturated carbocycles. The minimum atomic E-state index is -3.50. The fourth-order valence-electron chi connectivity index (χ4n) is 4.59. The summed E-state index contributed by atoms with van der Waals surface area (Å²) in [5.41, 5.74) is 1.83. The molecule has 1 aromatic rings. The largest absolute Gasteiger partial charge is 0.353 e. The van der Waals surface area contributed by atoms with Crippen LogP contribution in [0.4, 0.5) is 0 Å². The molecule has 0 spiro atoms. The molecule has 1 aromatic carbocycles. The van der Waals surface area contributed by atoms with Crippen molar-refractivity contribution in [2.45, 2.75) is 70.2 Å². The zero-order valence-corrected chi connectivity index (χ0v) is 19.5. The minimum absolute atomic E-state index is 0.0892. The van der Waals surface area contributed by atoms with E-state index >= 15 is 0 Å². The molecule has 2 aliphatic rings. The topological polar surface area (TPSA) is 69.7 Å². The molecular weight excluding hydrogens is 398 g/mol. The fraction of sp³-hybridized carbons (Fsp3) is 0.696. The van der Waals surface area contributed by atoms with E-state index in [9.17, 15) is 13.2 Å². The van der Waals surface area contributed by atoms with Crippen LogP contribution in [0.2, 0.25) is 0 Å². The van der Waals surface area contributed by atoms with Gasteiger partial charge < -0.3 is 10.2 Å². The van der Waals surface area contributed by atoms with E-state index in [4.69, 9.17) is 0 Å². The van der Waals surface area contributed by atoms with E-state index in [0.29, 0.717) is 30.8 Å². The third-order valence-corrected chi connectivity index (χ3v) is 8.59. The Labute approximate surface area is 182 Å². The summed E-state index contributed by atoms with van der Waals surface area (Å²) in [4.78, 5) is 15.6. The van der Waals surface area contributed by atoms with Gasteiger partial charge in [-0.1, -0.05) is 31.0 Å². The molecule has 0 aliphatic carbocycles. The number of nitrogens with zero attached hydrogens (tertiary/aromatic N) is 2. The summed E-state index contributed by atoms with van der Waals surface area (Å²) in [6, 6.07) is 5.70. The molecule has 2 saturated heterocycles. The monoisotopic (exact) mass is 435 g/mol. The third-order valence-electron chi connectivity index (χ3n) is 6.53. The van der Waals surface area contributed by atoms with Crippen LogP contribution in [0.25, 0.3) is 0 Å². The number of hydrogen-bond acceptors (Lipinski definition) is 4. The number of piperidine rings is 2. The Morgan fingerprint density at radius 1 is 1.07 bits per heavy atom. The number of unbranched alkanes of at least 4 members (excludes halogenated alkanes) is 1. The Morgan fingerprint density at radius 2 is 1.73 bits per heavy atom. The number of aryl methyl sites for hydroxylation is 2. The summed E-state index contributed by atoms with van der Waals surface area (Å²) in [6.45, 7) is 10.1. The van der Waals surface area contributed by atoms with Gasteiger partial charge in [0, 0.05) is 38.1 Å². The summed E-state index contributed by atoms with van der Waals surface area (Å²) in [6.07, 6.45) is 5.65. The van der Waals surface area contributed by atoms with Crippen molar-refractivity contribution in [2.75, 3.05) is 32.7 Å². The fourth-order valence-corrected chi connectivity index (χ4v) is 6.26. The van der Waals surface area contributed by atoms with Gasteiger partial charge in [0.2, 0.25) is 15.9 Å². The van der Waals surface area contributed by atoms with Crippen molar-refractivity contribution in [3.63, 3.8) is 0 Å². The first-order valence-corrected chi connectivity index (χ1v) is 12.9. The highest BCUT2D eigenvalue weighted by Gasteiger charge is 2.33. The van der Waals surface area contributed by atoms with Gasteiger partial charge in [-0.3, -0.25) is 4.79 Å². The van der Waals surface area contributed by atoms with Gasteiger partial charge in [0.15, 0.2) is 0 Å². The maximum absolute atomic E-state index is 13.0. The summed E-state index contributed by atoms with van der Waals surface area (Å²) in [5.74, 6) is 0.0132. The number of amides is 1. The number of likely N-dealkylation sites (tertiary alicyclic amines) is 1. The maximum Gasteiger partial charge on any atom is 0.243 e. The van der Waals surface area contributed by atoms with E-state index in [1.54, 1.807) is 10.4 Å². The van der Waals surface area contributed by atoms with Crippen LogP contribution in [0.15, 0.2) is 23.1 Å². The van der Waals surface area contributed by atoms with Crippen molar-refractivity contribution in [2.24, 2.45) is 5.92 Å². The van der Waals surface area contributed by atoms with Crippen molar-refractivity contribution in [3.8, 4) is 0 Å². The van der Waals surface area contributed by atoms with Crippen LogP contribution >= 0.6 is 0 Å². The van der Waals surface area contributed by atoms with Crippen molar-refractivity contribution in [1.82, 2.24) is 14.5 Å². The zero-order chi connectivity index (χ0) is 21.7. The average molecular weight is 436 g/mol. The van der Waals surface area contributed by atoms with Crippen LogP contribution in [0.1, 0.15) is 56.6 Å². The number of sulfonamides is 1. The van der Waals surface area contributed by atoms with E-state index in [0.717, 1.165) is 43.6 Å². The van der Waals surface area contributed by atoms with Crippen LogP contribution < -0.4 is 5.32 Å².